The number of methoxy groups -OCH3 is 1. The molecule has 2 N–H and O–H groups in total. The molecule has 0 saturated heterocycles. The molecule has 2 atom stereocenters. The van der Waals surface area contributed by atoms with Crippen molar-refractivity contribution >= 4 is 0 Å². The van der Waals surface area contributed by atoms with Crippen molar-refractivity contribution < 1.29 is 9.47 Å². The van der Waals surface area contributed by atoms with E-state index in [2.05, 4.69) is 18.2 Å². The van der Waals surface area contributed by atoms with E-state index in [1.54, 1.807) is 7.11 Å². The first kappa shape index (κ1) is 20.3. The summed E-state index contributed by atoms with van der Waals surface area (Å²) in [5.74, 6) is 0.553. The van der Waals surface area contributed by atoms with E-state index < -0.39 is 11.3 Å². The molecule has 1 aromatic rings. The molecule has 0 aromatic heterocycles. The largest absolute Gasteiger partial charge is 0.493 e. The molecule has 0 fully saturated rings. The van der Waals surface area contributed by atoms with Crippen LogP contribution in [-0.2, 0) is 0 Å². The van der Waals surface area contributed by atoms with Crippen molar-refractivity contribution in [2.45, 2.75) is 38.5 Å². The summed E-state index contributed by atoms with van der Waals surface area (Å²) in [6, 6.07) is 12.0. The van der Waals surface area contributed by atoms with Crippen LogP contribution in [0.4, 0.5) is 0 Å². The van der Waals surface area contributed by atoms with Crippen LogP contribution in [0, 0.1) is 45.3 Å². The van der Waals surface area contributed by atoms with Gasteiger partial charge in [0.25, 0.3) is 0 Å². The zero-order valence-corrected chi connectivity index (χ0v) is 16.7. The number of hydrogen-bond acceptors (Lipinski definition) is 6. The summed E-state index contributed by atoms with van der Waals surface area (Å²) in [5.41, 5.74) is 6.66. The molecule has 2 aliphatic carbocycles. The highest BCUT2D eigenvalue weighted by atomic mass is 16.5. The Hall–Kier alpha value is -3.43. The van der Waals surface area contributed by atoms with Gasteiger partial charge >= 0.3 is 0 Å². The molecule has 0 unspecified atom stereocenters. The maximum Gasteiger partial charge on any atom is 0.191 e. The fourth-order valence-corrected chi connectivity index (χ4v) is 4.46. The van der Waals surface area contributed by atoms with Crippen LogP contribution in [-0.4, -0.2) is 13.7 Å². The van der Waals surface area contributed by atoms with E-state index in [1.165, 1.54) is 0 Å². The number of nitriles is 3. The Morgan fingerprint density at radius 1 is 1.21 bits per heavy atom. The maximum absolute atomic E-state index is 10.1. The Labute approximate surface area is 171 Å². The summed E-state index contributed by atoms with van der Waals surface area (Å²) in [6.07, 6.45) is 5.48. The first-order valence-electron chi connectivity index (χ1n) is 9.81. The lowest BCUT2D eigenvalue weighted by atomic mass is 9.57. The predicted octanol–water partition coefficient (Wildman–Crippen LogP) is 4.08. The van der Waals surface area contributed by atoms with Gasteiger partial charge in [0.15, 0.2) is 16.9 Å². The van der Waals surface area contributed by atoms with Crippen molar-refractivity contribution in [3.63, 3.8) is 0 Å². The third-order valence-electron chi connectivity index (χ3n) is 5.81. The zero-order chi connectivity index (χ0) is 21.0. The van der Waals surface area contributed by atoms with Crippen LogP contribution < -0.4 is 15.2 Å². The molecule has 29 heavy (non-hydrogen) atoms. The molecule has 2 aliphatic rings. The third-order valence-corrected chi connectivity index (χ3v) is 5.81. The average Bonchev–Trinajstić information content (AvgIpc) is 2.77. The zero-order valence-electron chi connectivity index (χ0n) is 16.7. The highest BCUT2D eigenvalue weighted by Crippen LogP contribution is 2.56. The molecule has 3 rings (SSSR count). The van der Waals surface area contributed by atoms with Gasteiger partial charge in [-0.05, 0) is 54.9 Å². The normalized spacial score (nSPS) is 22.4. The van der Waals surface area contributed by atoms with Gasteiger partial charge in [0, 0.05) is 5.92 Å². The summed E-state index contributed by atoms with van der Waals surface area (Å²) < 4.78 is 11.3. The molecular weight excluding hydrogens is 364 g/mol. The molecular formula is C23H24N4O2. The van der Waals surface area contributed by atoms with Gasteiger partial charge in [0.2, 0.25) is 0 Å². The number of rotatable bonds is 5. The average molecular weight is 388 g/mol. The van der Waals surface area contributed by atoms with E-state index >= 15 is 0 Å². The lowest BCUT2D eigenvalue weighted by molar-refractivity contribution is 0.291. The monoisotopic (exact) mass is 388 g/mol. The quantitative estimate of drug-likeness (QED) is 0.812. The Morgan fingerprint density at radius 3 is 2.59 bits per heavy atom. The first-order chi connectivity index (χ1) is 14.1. The first-order valence-corrected chi connectivity index (χ1v) is 9.81. The van der Waals surface area contributed by atoms with Crippen molar-refractivity contribution in [2.75, 3.05) is 13.7 Å². The second-order valence-electron chi connectivity index (χ2n) is 7.37. The molecule has 0 saturated carbocycles. The van der Waals surface area contributed by atoms with E-state index in [0.29, 0.717) is 18.1 Å². The van der Waals surface area contributed by atoms with Crippen LogP contribution in [0.3, 0.4) is 0 Å². The van der Waals surface area contributed by atoms with E-state index in [-0.39, 0.29) is 17.2 Å². The molecule has 0 amide bonds. The SMILES string of the molecule is CCCOc1ccc([C@H]2[C@@H]3CCCC=C3C(C#N)=C(N)C2(C#N)C#N)cc1OC. The second kappa shape index (κ2) is 8.29. The molecule has 0 spiro atoms. The van der Waals surface area contributed by atoms with E-state index in [1.807, 2.05) is 31.2 Å². The van der Waals surface area contributed by atoms with Gasteiger partial charge in [-0.25, -0.2) is 0 Å². The third kappa shape index (κ3) is 3.20. The van der Waals surface area contributed by atoms with Gasteiger partial charge in [-0.3, -0.25) is 0 Å². The van der Waals surface area contributed by atoms with Crippen molar-refractivity contribution in [1.82, 2.24) is 0 Å². The van der Waals surface area contributed by atoms with E-state index in [4.69, 9.17) is 15.2 Å². The van der Waals surface area contributed by atoms with Crippen LogP contribution in [0.1, 0.15) is 44.1 Å². The summed E-state index contributed by atoms with van der Waals surface area (Å²) >= 11 is 0. The minimum Gasteiger partial charge on any atom is -0.493 e. The van der Waals surface area contributed by atoms with Gasteiger partial charge in [-0.2, -0.15) is 15.8 Å². The second-order valence-corrected chi connectivity index (χ2v) is 7.37. The number of nitrogens with two attached hydrogens (primary N) is 1. The molecule has 0 heterocycles. The summed E-state index contributed by atoms with van der Waals surface area (Å²) in [6.45, 7) is 2.59. The summed E-state index contributed by atoms with van der Waals surface area (Å²) in [4.78, 5) is 0. The van der Waals surface area contributed by atoms with E-state index in [0.717, 1.165) is 36.8 Å². The number of nitrogens with zero attached hydrogens (tertiary/aromatic N) is 3. The molecule has 6 heteroatoms. The number of ether oxygens (including phenoxy) is 2. The van der Waals surface area contributed by atoms with Crippen molar-refractivity contribution in [3.8, 4) is 29.7 Å². The molecule has 0 bridgehead atoms. The Kier molecular flexibility index (Phi) is 5.81. The molecule has 1 aromatic carbocycles. The molecule has 0 aliphatic heterocycles. The maximum atomic E-state index is 10.1. The lowest BCUT2D eigenvalue weighted by Gasteiger charge is -2.43. The Morgan fingerprint density at radius 2 is 1.97 bits per heavy atom. The molecule has 6 nitrogen and oxygen atoms in total. The lowest BCUT2D eigenvalue weighted by Crippen LogP contribution is -2.42. The minimum absolute atomic E-state index is 0.0460. The van der Waals surface area contributed by atoms with E-state index in [9.17, 15) is 15.8 Å². The van der Waals surface area contributed by atoms with Crippen molar-refractivity contribution in [1.29, 1.82) is 15.8 Å². The minimum atomic E-state index is -1.61. The molecule has 0 radical (unpaired) electrons. The standard InChI is InChI=1S/C23H24N4O2/c1-3-10-29-19-9-8-15(11-20(19)28-2)21-17-7-5-4-6-16(17)18(12-24)22(27)23(21,13-25)14-26/h6,8-9,11,17,21H,3-5,7,10,27H2,1-2H3/t17-,21+/m1/s1. The van der Waals surface area contributed by atoms with Gasteiger partial charge < -0.3 is 15.2 Å². The number of benzene rings is 1. The van der Waals surface area contributed by atoms with Gasteiger partial charge in [0.1, 0.15) is 6.07 Å². The Balaban J connectivity index is 2.22. The Bertz CT molecular complexity index is 974. The highest BCUT2D eigenvalue weighted by molar-refractivity contribution is 5.60. The molecule has 148 valence electrons. The topological polar surface area (TPSA) is 116 Å². The smallest absolute Gasteiger partial charge is 0.191 e. The summed E-state index contributed by atoms with van der Waals surface area (Å²) in [7, 11) is 1.56. The van der Waals surface area contributed by atoms with Gasteiger partial charge in [-0.1, -0.05) is 19.1 Å². The van der Waals surface area contributed by atoms with Crippen molar-refractivity contribution in [3.05, 3.63) is 46.7 Å². The van der Waals surface area contributed by atoms with Crippen LogP contribution >= 0.6 is 0 Å². The number of fused-ring (bicyclic) bond motifs is 1. The van der Waals surface area contributed by atoms with Crippen LogP contribution in [0.5, 0.6) is 11.5 Å². The van der Waals surface area contributed by atoms with Gasteiger partial charge in [0.05, 0.1) is 37.1 Å². The predicted molar refractivity (Wildman–Crippen MR) is 107 cm³/mol. The number of allylic oxidation sites excluding steroid dienone is 4. The van der Waals surface area contributed by atoms with Crippen molar-refractivity contribution in [2.24, 2.45) is 17.1 Å². The number of hydrogen-bond donors (Lipinski definition) is 1. The van der Waals surface area contributed by atoms with Crippen LogP contribution in [0.15, 0.2) is 41.1 Å². The highest BCUT2D eigenvalue weighted by Gasteiger charge is 2.53. The van der Waals surface area contributed by atoms with Crippen LogP contribution in [0.2, 0.25) is 0 Å². The fourth-order valence-electron chi connectivity index (χ4n) is 4.46. The van der Waals surface area contributed by atoms with Crippen LogP contribution in [0.25, 0.3) is 0 Å². The fraction of sp³-hybridized carbons (Fsp3) is 0.435. The summed E-state index contributed by atoms with van der Waals surface area (Å²) in [5, 5.41) is 29.8. The van der Waals surface area contributed by atoms with Gasteiger partial charge in [-0.15, -0.1) is 0 Å².